The van der Waals surface area contributed by atoms with Gasteiger partial charge in [-0.25, -0.2) is 0 Å². The van der Waals surface area contributed by atoms with E-state index < -0.39 is 5.25 Å². The largest absolute Gasteiger partial charge is 0.360 e. The molecule has 0 aliphatic rings. The van der Waals surface area contributed by atoms with Crippen molar-refractivity contribution >= 4 is 29.4 Å². The number of hydrogen-bond donors (Lipinski definition) is 2. The van der Waals surface area contributed by atoms with Crippen LogP contribution >= 0.6 is 11.8 Å². The topological polar surface area (TPSA) is 97.1 Å². The van der Waals surface area contributed by atoms with Crippen LogP contribution in [0.25, 0.3) is 0 Å². The van der Waals surface area contributed by atoms with Crippen molar-refractivity contribution in [1.82, 2.24) is 15.5 Å². The fourth-order valence-electron chi connectivity index (χ4n) is 2.65. The van der Waals surface area contributed by atoms with E-state index in [4.69, 9.17) is 4.52 Å². The van der Waals surface area contributed by atoms with Gasteiger partial charge in [-0.1, -0.05) is 41.6 Å². The van der Waals surface area contributed by atoms with E-state index in [1.165, 1.54) is 11.8 Å². The molecule has 2 amide bonds. The van der Waals surface area contributed by atoms with Crippen LogP contribution in [0.15, 0.2) is 65.3 Å². The molecule has 0 spiro atoms. The Balaban J connectivity index is 1.58. The molecular weight excluding hydrogens is 388 g/mol. The molecule has 2 N–H and O–H groups in total. The maximum atomic E-state index is 12.6. The molecule has 0 aliphatic heterocycles. The molecule has 0 saturated heterocycles. The minimum absolute atomic E-state index is 0.141. The minimum atomic E-state index is -0.428. The van der Waals surface area contributed by atoms with Crippen LogP contribution in [0.5, 0.6) is 0 Å². The number of thioether (sulfide) groups is 1. The molecule has 0 bridgehead atoms. The van der Waals surface area contributed by atoms with Gasteiger partial charge in [0.05, 0.1) is 22.7 Å². The predicted molar refractivity (Wildman–Crippen MR) is 112 cm³/mol. The Morgan fingerprint density at radius 1 is 1.14 bits per heavy atom. The van der Waals surface area contributed by atoms with E-state index in [2.05, 4.69) is 20.8 Å². The maximum absolute atomic E-state index is 12.6. The normalized spacial score (nSPS) is 12.8. The van der Waals surface area contributed by atoms with E-state index in [0.717, 1.165) is 11.3 Å². The Morgan fingerprint density at radius 3 is 2.55 bits per heavy atom. The maximum Gasteiger partial charge on any atom is 0.238 e. The highest BCUT2D eigenvalue weighted by molar-refractivity contribution is 8.01. The van der Waals surface area contributed by atoms with Crippen LogP contribution in [0.2, 0.25) is 0 Å². The second-order valence-corrected chi connectivity index (χ2v) is 7.76. The average Bonchev–Trinajstić information content (AvgIpc) is 3.16. The van der Waals surface area contributed by atoms with Crippen LogP contribution in [0, 0.1) is 6.92 Å². The van der Waals surface area contributed by atoms with Gasteiger partial charge in [0.1, 0.15) is 5.76 Å². The van der Waals surface area contributed by atoms with Crippen LogP contribution in [0.4, 0.5) is 5.82 Å². The fraction of sp³-hybridized carbons (Fsp3) is 0.238. The van der Waals surface area contributed by atoms with Crippen molar-refractivity contribution in [3.63, 3.8) is 0 Å². The molecule has 0 aliphatic carbocycles. The van der Waals surface area contributed by atoms with Crippen molar-refractivity contribution in [3.8, 4) is 0 Å². The average molecular weight is 410 g/mol. The number of nitrogens with zero attached hydrogens (tertiary/aromatic N) is 2. The molecule has 7 nitrogen and oxygen atoms in total. The van der Waals surface area contributed by atoms with Crippen molar-refractivity contribution in [3.05, 3.63) is 77.8 Å². The zero-order valence-electron chi connectivity index (χ0n) is 16.2. The number of rotatable bonds is 8. The number of nitrogens with one attached hydrogen (secondary N) is 2. The molecule has 3 rings (SSSR count). The molecule has 2 atom stereocenters. The predicted octanol–water partition coefficient (Wildman–Crippen LogP) is 3.34. The first-order chi connectivity index (χ1) is 14.0. The first-order valence-corrected chi connectivity index (χ1v) is 10.2. The van der Waals surface area contributed by atoms with Crippen LogP contribution < -0.4 is 10.6 Å². The van der Waals surface area contributed by atoms with Gasteiger partial charge in [0.15, 0.2) is 5.82 Å². The third-order valence-electron chi connectivity index (χ3n) is 4.13. The highest BCUT2D eigenvalue weighted by Crippen LogP contribution is 2.21. The summed E-state index contributed by atoms with van der Waals surface area (Å²) in [6.45, 7) is 3.49. The second kappa shape index (κ2) is 9.88. The molecule has 0 saturated carbocycles. The summed E-state index contributed by atoms with van der Waals surface area (Å²) in [5.41, 5.74) is 1.70. The summed E-state index contributed by atoms with van der Waals surface area (Å²) in [7, 11) is 0. The van der Waals surface area contributed by atoms with E-state index in [1.807, 2.05) is 48.5 Å². The first kappa shape index (κ1) is 20.6. The lowest BCUT2D eigenvalue weighted by atomic mass is 10.0. The van der Waals surface area contributed by atoms with Gasteiger partial charge in [-0.2, -0.15) is 0 Å². The van der Waals surface area contributed by atoms with Crippen molar-refractivity contribution in [2.75, 3.05) is 11.1 Å². The summed E-state index contributed by atoms with van der Waals surface area (Å²) in [4.78, 5) is 29.2. The van der Waals surface area contributed by atoms with Crippen molar-refractivity contribution in [1.29, 1.82) is 0 Å². The highest BCUT2D eigenvalue weighted by Gasteiger charge is 2.20. The van der Waals surface area contributed by atoms with E-state index >= 15 is 0 Å². The molecule has 29 heavy (non-hydrogen) atoms. The van der Waals surface area contributed by atoms with Crippen LogP contribution in [-0.2, 0) is 9.59 Å². The standard InChI is InChI=1S/C21H22N4O3S/c1-14-12-18(25-28-14)23-21(27)15(2)29-13-19(26)24-20(16-8-4-3-5-9-16)17-10-6-7-11-22-17/h3-12,15,20H,13H2,1-2H3,(H,24,26)(H,23,25,27). The van der Waals surface area contributed by atoms with Gasteiger partial charge in [0, 0.05) is 12.3 Å². The Labute approximate surface area is 173 Å². The molecule has 0 radical (unpaired) electrons. The number of benzene rings is 1. The lowest BCUT2D eigenvalue weighted by Gasteiger charge is -2.19. The van der Waals surface area contributed by atoms with Crippen LogP contribution in [-0.4, -0.2) is 33.0 Å². The zero-order chi connectivity index (χ0) is 20.6. The summed E-state index contributed by atoms with van der Waals surface area (Å²) in [6.07, 6.45) is 1.70. The lowest BCUT2D eigenvalue weighted by molar-refractivity contribution is -0.119. The van der Waals surface area contributed by atoms with Gasteiger partial charge in [-0.05, 0) is 31.5 Å². The molecule has 1 aromatic carbocycles. The quantitative estimate of drug-likeness (QED) is 0.591. The van der Waals surface area contributed by atoms with Crippen LogP contribution in [0.1, 0.15) is 30.0 Å². The summed E-state index contributed by atoms with van der Waals surface area (Å²) < 4.78 is 4.93. The summed E-state index contributed by atoms with van der Waals surface area (Å²) in [6, 6.07) is 16.5. The number of aryl methyl sites for hydroxylation is 1. The molecule has 2 heterocycles. The molecule has 2 aromatic heterocycles. The van der Waals surface area contributed by atoms with Gasteiger partial charge in [-0.3, -0.25) is 14.6 Å². The molecule has 0 fully saturated rings. The highest BCUT2D eigenvalue weighted by atomic mass is 32.2. The van der Waals surface area contributed by atoms with Gasteiger partial charge in [0.2, 0.25) is 11.8 Å². The van der Waals surface area contributed by atoms with E-state index in [9.17, 15) is 9.59 Å². The van der Waals surface area contributed by atoms with Gasteiger partial charge >= 0.3 is 0 Å². The number of anilines is 1. The SMILES string of the molecule is Cc1cc(NC(=O)C(C)SCC(=O)NC(c2ccccc2)c2ccccn2)no1. The van der Waals surface area contributed by atoms with E-state index in [-0.39, 0.29) is 23.6 Å². The van der Waals surface area contributed by atoms with Crippen molar-refractivity contribution < 1.29 is 14.1 Å². The van der Waals surface area contributed by atoms with Gasteiger partial charge < -0.3 is 15.2 Å². The molecule has 8 heteroatoms. The van der Waals surface area contributed by atoms with Gasteiger partial charge in [-0.15, -0.1) is 11.8 Å². The fourth-order valence-corrected chi connectivity index (χ4v) is 3.35. The Kier molecular flexibility index (Phi) is 7.02. The number of carbonyl (C=O) groups is 2. The van der Waals surface area contributed by atoms with E-state index in [0.29, 0.717) is 11.6 Å². The Hall–Kier alpha value is -3.13. The molecule has 150 valence electrons. The van der Waals surface area contributed by atoms with Gasteiger partial charge in [0.25, 0.3) is 0 Å². The molecular formula is C21H22N4O3S. The molecule has 3 aromatic rings. The van der Waals surface area contributed by atoms with Crippen LogP contribution in [0.3, 0.4) is 0 Å². The number of amides is 2. The minimum Gasteiger partial charge on any atom is -0.360 e. The van der Waals surface area contributed by atoms with Crippen molar-refractivity contribution in [2.24, 2.45) is 0 Å². The number of hydrogen-bond acceptors (Lipinski definition) is 6. The first-order valence-electron chi connectivity index (χ1n) is 9.14. The third kappa shape index (κ3) is 5.92. The summed E-state index contributed by atoms with van der Waals surface area (Å²) >= 11 is 1.25. The third-order valence-corrected chi connectivity index (χ3v) is 5.28. The number of pyridine rings is 1. The van der Waals surface area contributed by atoms with E-state index in [1.54, 1.807) is 26.1 Å². The smallest absolute Gasteiger partial charge is 0.238 e. The lowest BCUT2D eigenvalue weighted by Crippen LogP contribution is -2.32. The number of carbonyl (C=O) groups excluding carboxylic acids is 2. The summed E-state index contributed by atoms with van der Waals surface area (Å²) in [5, 5.41) is 9.00. The monoisotopic (exact) mass is 410 g/mol. The zero-order valence-corrected chi connectivity index (χ0v) is 17.0. The Bertz CT molecular complexity index is 907. The number of aromatic nitrogens is 2. The Morgan fingerprint density at radius 2 is 1.90 bits per heavy atom. The van der Waals surface area contributed by atoms with Crippen molar-refractivity contribution in [2.45, 2.75) is 25.1 Å². The summed E-state index contributed by atoms with van der Waals surface area (Å²) in [5.74, 6) is 0.708. The molecule has 2 unspecified atom stereocenters. The second-order valence-electron chi connectivity index (χ2n) is 6.43.